The maximum atomic E-state index is 11.2. The molecule has 1 heterocycles. The molecule has 1 aromatic rings. The fourth-order valence-electron chi connectivity index (χ4n) is 1.57. The van der Waals surface area contributed by atoms with E-state index in [1.54, 1.807) is 18.5 Å². The maximum Gasteiger partial charge on any atom is 0.412 e. The van der Waals surface area contributed by atoms with Gasteiger partial charge in [0.05, 0.1) is 5.75 Å². The summed E-state index contributed by atoms with van der Waals surface area (Å²) in [6.07, 6.45) is 4.07. The zero-order valence-corrected chi connectivity index (χ0v) is 11.9. The van der Waals surface area contributed by atoms with Crippen LogP contribution in [0, 0.1) is 0 Å². The lowest BCUT2D eigenvalue weighted by Crippen LogP contribution is -2.16. The van der Waals surface area contributed by atoms with E-state index < -0.39 is 26.3 Å². The fourth-order valence-corrected chi connectivity index (χ4v) is 3.41. The molecule has 1 atom stereocenters. The molecule has 0 fully saturated rings. The van der Waals surface area contributed by atoms with Crippen LogP contribution in [-0.4, -0.2) is 32.1 Å². The van der Waals surface area contributed by atoms with E-state index >= 15 is 0 Å². The number of nitrogens with zero attached hydrogens (tertiary/aromatic N) is 1. The van der Waals surface area contributed by atoms with Gasteiger partial charge in [0, 0.05) is 12.4 Å². The third kappa shape index (κ3) is 6.62. The zero-order valence-electron chi connectivity index (χ0n) is 10.3. The summed E-state index contributed by atoms with van der Waals surface area (Å²) in [7, 11) is -9.25. The van der Waals surface area contributed by atoms with Crippen LogP contribution in [0.3, 0.4) is 0 Å². The first-order valence-corrected chi connectivity index (χ1v) is 8.45. The van der Waals surface area contributed by atoms with Gasteiger partial charge in [0.25, 0.3) is 10.1 Å². The van der Waals surface area contributed by atoms with Gasteiger partial charge in [0.1, 0.15) is 0 Å². The van der Waals surface area contributed by atoms with Crippen molar-refractivity contribution in [2.45, 2.75) is 25.7 Å². The van der Waals surface area contributed by atoms with E-state index in [4.69, 9.17) is 4.55 Å². The van der Waals surface area contributed by atoms with Gasteiger partial charge < -0.3 is 0 Å². The summed E-state index contributed by atoms with van der Waals surface area (Å²) in [6.45, 7) is 1.91. The molecule has 9 heteroatoms. The molecule has 1 rings (SSSR count). The molecule has 0 aromatic carbocycles. The van der Waals surface area contributed by atoms with Crippen molar-refractivity contribution >= 4 is 20.5 Å². The normalized spacial score (nSPS) is 14.2. The van der Waals surface area contributed by atoms with Crippen LogP contribution in [-0.2, 0) is 24.1 Å². The van der Waals surface area contributed by atoms with Crippen LogP contribution in [0.4, 0.5) is 0 Å². The van der Waals surface area contributed by atoms with E-state index in [0.717, 1.165) is 5.56 Å². The monoisotopic (exact) mass is 309 g/mol. The molecule has 0 aliphatic heterocycles. The molecule has 0 aliphatic carbocycles. The molecule has 0 amide bonds. The molecule has 19 heavy (non-hydrogen) atoms. The van der Waals surface area contributed by atoms with Crippen molar-refractivity contribution in [1.82, 2.24) is 4.98 Å². The molecule has 0 spiro atoms. The second kappa shape index (κ2) is 6.42. The third-order valence-electron chi connectivity index (χ3n) is 2.47. The third-order valence-corrected chi connectivity index (χ3v) is 4.78. The predicted molar refractivity (Wildman–Crippen MR) is 68.3 cm³/mol. The van der Waals surface area contributed by atoms with Gasteiger partial charge in [-0.2, -0.15) is 16.8 Å². The Morgan fingerprint density at radius 2 is 2.05 bits per heavy atom. The van der Waals surface area contributed by atoms with Crippen LogP contribution in [0.1, 0.15) is 31.2 Å². The molecule has 7 nitrogen and oxygen atoms in total. The van der Waals surface area contributed by atoms with E-state index in [1.165, 1.54) is 0 Å². The van der Waals surface area contributed by atoms with E-state index in [2.05, 4.69) is 8.61 Å². The highest BCUT2D eigenvalue weighted by atomic mass is 32.3. The van der Waals surface area contributed by atoms with Crippen molar-refractivity contribution in [3.05, 3.63) is 30.1 Å². The van der Waals surface area contributed by atoms with Gasteiger partial charge in [0.2, 0.25) is 0 Å². The zero-order chi connectivity index (χ0) is 14.5. The Kier molecular flexibility index (Phi) is 5.41. The van der Waals surface area contributed by atoms with Crippen molar-refractivity contribution in [2.75, 3.05) is 5.75 Å². The van der Waals surface area contributed by atoms with Crippen LogP contribution in [0.5, 0.6) is 0 Å². The van der Waals surface area contributed by atoms with Gasteiger partial charge in [-0.3, -0.25) is 9.54 Å². The van der Waals surface area contributed by atoms with Gasteiger partial charge in [-0.05, 0) is 30.4 Å². The highest BCUT2D eigenvalue weighted by Crippen LogP contribution is 2.19. The summed E-state index contributed by atoms with van der Waals surface area (Å²) in [6, 6.07) is 3.66. The second-order valence-electron chi connectivity index (χ2n) is 4.09. The van der Waals surface area contributed by atoms with Crippen LogP contribution >= 0.6 is 0 Å². The fraction of sp³-hybridized carbons (Fsp3) is 0.500. The molecule has 0 aliphatic rings. The van der Waals surface area contributed by atoms with E-state index in [-0.39, 0.29) is 12.3 Å². The summed E-state index contributed by atoms with van der Waals surface area (Å²) >= 11 is 0. The Morgan fingerprint density at radius 1 is 1.37 bits per heavy atom. The summed E-state index contributed by atoms with van der Waals surface area (Å²) in [5, 5.41) is 0. The SMILES string of the molecule is CC(CCCS(=O)(=O)OS(=O)(=O)O)c1cccnc1. The molecular weight excluding hydrogens is 294 g/mol. The number of aromatic nitrogens is 1. The van der Waals surface area contributed by atoms with E-state index in [1.807, 2.05) is 13.0 Å². The minimum atomic E-state index is -4.98. The van der Waals surface area contributed by atoms with Gasteiger partial charge in [-0.1, -0.05) is 13.0 Å². The van der Waals surface area contributed by atoms with Crippen LogP contribution in [0.2, 0.25) is 0 Å². The molecule has 108 valence electrons. The first kappa shape index (κ1) is 16.0. The first-order chi connectivity index (χ1) is 8.70. The lowest BCUT2D eigenvalue weighted by atomic mass is 9.98. The van der Waals surface area contributed by atoms with Crippen molar-refractivity contribution in [1.29, 1.82) is 0 Å². The molecule has 1 N–H and O–H groups in total. The molecule has 0 saturated heterocycles. The predicted octanol–water partition coefficient (Wildman–Crippen LogP) is 1.11. The van der Waals surface area contributed by atoms with Gasteiger partial charge in [-0.15, -0.1) is 3.63 Å². The summed E-state index contributed by atoms with van der Waals surface area (Å²) in [5.74, 6) is -0.383. The van der Waals surface area contributed by atoms with Gasteiger partial charge >= 0.3 is 10.4 Å². The molecule has 0 saturated carbocycles. The largest absolute Gasteiger partial charge is 0.412 e. The molecule has 1 aromatic heterocycles. The number of hydrogen-bond donors (Lipinski definition) is 1. The molecule has 0 bridgehead atoms. The number of hydrogen-bond acceptors (Lipinski definition) is 6. The van der Waals surface area contributed by atoms with Crippen molar-refractivity contribution < 1.29 is 25.0 Å². The average molecular weight is 309 g/mol. The van der Waals surface area contributed by atoms with Gasteiger partial charge in [0.15, 0.2) is 0 Å². The Bertz CT molecular complexity index is 596. The van der Waals surface area contributed by atoms with Crippen molar-refractivity contribution in [2.24, 2.45) is 0 Å². The van der Waals surface area contributed by atoms with Crippen LogP contribution in [0.25, 0.3) is 0 Å². The number of pyridine rings is 1. The minimum absolute atomic E-state index is 0.0923. The molecular formula is C10H15NO6S2. The second-order valence-corrected chi connectivity index (χ2v) is 7.01. The average Bonchev–Trinajstić information content (AvgIpc) is 2.26. The smallest absolute Gasteiger partial charge is 0.264 e. The van der Waals surface area contributed by atoms with Crippen molar-refractivity contribution in [3.63, 3.8) is 0 Å². The maximum absolute atomic E-state index is 11.2. The van der Waals surface area contributed by atoms with E-state index in [0.29, 0.717) is 6.42 Å². The summed E-state index contributed by atoms with van der Waals surface area (Å²) in [5.41, 5.74) is 0.968. The Morgan fingerprint density at radius 3 is 2.58 bits per heavy atom. The summed E-state index contributed by atoms with van der Waals surface area (Å²) in [4.78, 5) is 3.96. The van der Waals surface area contributed by atoms with Gasteiger partial charge in [-0.25, -0.2) is 0 Å². The first-order valence-electron chi connectivity index (χ1n) is 5.51. The molecule has 1 unspecified atom stereocenters. The minimum Gasteiger partial charge on any atom is -0.264 e. The Balaban J connectivity index is 2.47. The lowest BCUT2D eigenvalue weighted by Gasteiger charge is -2.10. The Labute approximate surface area is 112 Å². The van der Waals surface area contributed by atoms with E-state index in [9.17, 15) is 16.8 Å². The summed E-state index contributed by atoms with van der Waals surface area (Å²) < 4.78 is 54.9. The number of rotatable bonds is 7. The Hall–Kier alpha value is -1.03. The standard InChI is InChI=1S/C10H15NO6S2/c1-9(10-5-2-6-11-8-10)4-3-7-18(12,13)17-19(14,15)16/h2,5-6,8-9H,3-4,7H2,1H3,(H,14,15,16). The quantitative estimate of drug-likeness (QED) is 0.751. The highest BCUT2D eigenvalue weighted by Gasteiger charge is 2.20. The van der Waals surface area contributed by atoms with Crippen LogP contribution < -0.4 is 0 Å². The molecule has 0 radical (unpaired) electrons. The van der Waals surface area contributed by atoms with Crippen molar-refractivity contribution in [3.8, 4) is 0 Å². The lowest BCUT2D eigenvalue weighted by molar-refractivity contribution is 0.383. The highest BCUT2D eigenvalue weighted by molar-refractivity contribution is 7.97. The van der Waals surface area contributed by atoms with Crippen LogP contribution in [0.15, 0.2) is 24.5 Å². The topological polar surface area (TPSA) is 111 Å².